The topological polar surface area (TPSA) is 60.9 Å². The van der Waals surface area contributed by atoms with Crippen molar-refractivity contribution >= 4 is 12.0 Å². The van der Waals surface area contributed by atoms with Gasteiger partial charge in [-0.1, -0.05) is 20.3 Å². The number of carbonyl (C=O) groups is 2. The molecule has 1 saturated heterocycles. The van der Waals surface area contributed by atoms with E-state index in [0.29, 0.717) is 31.8 Å². The van der Waals surface area contributed by atoms with Gasteiger partial charge in [0, 0.05) is 26.7 Å². The van der Waals surface area contributed by atoms with Crippen LogP contribution in [0.3, 0.4) is 0 Å². The first-order valence-electron chi connectivity index (χ1n) is 7.63. The van der Waals surface area contributed by atoms with Gasteiger partial charge in [0.1, 0.15) is 0 Å². The van der Waals surface area contributed by atoms with E-state index >= 15 is 0 Å². The summed E-state index contributed by atoms with van der Waals surface area (Å²) in [6.45, 7) is 5.92. The second-order valence-electron chi connectivity index (χ2n) is 6.64. The first-order valence-corrected chi connectivity index (χ1v) is 7.63. The molecule has 2 aliphatic rings. The number of aliphatic carboxylic acids is 1. The second kappa shape index (κ2) is 5.62. The summed E-state index contributed by atoms with van der Waals surface area (Å²) < 4.78 is 0. The first kappa shape index (κ1) is 15.1. The molecule has 5 nitrogen and oxygen atoms in total. The summed E-state index contributed by atoms with van der Waals surface area (Å²) in [5.74, 6) is 0.599. The zero-order valence-corrected chi connectivity index (χ0v) is 12.8. The highest BCUT2D eigenvalue weighted by atomic mass is 16.4. The monoisotopic (exact) mass is 282 g/mol. The number of carbonyl (C=O) groups excluding carboxylic acids is 1. The molecule has 3 unspecified atom stereocenters. The van der Waals surface area contributed by atoms with Crippen LogP contribution in [0.15, 0.2) is 0 Å². The number of urea groups is 1. The normalized spacial score (nSPS) is 32.2. The second-order valence-corrected chi connectivity index (χ2v) is 6.64. The van der Waals surface area contributed by atoms with Crippen molar-refractivity contribution < 1.29 is 14.7 Å². The lowest BCUT2D eigenvalue weighted by Gasteiger charge is -2.27. The summed E-state index contributed by atoms with van der Waals surface area (Å²) in [4.78, 5) is 27.4. The smallest absolute Gasteiger partial charge is 0.319 e. The summed E-state index contributed by atoms with van der Waals surface area (Å²) in [7, 11) is 1.83. The van der Waals surface area contributed by atoms with Crippen LogP contribution >= 0.6 is 0 Å². The van der Waals surface area contributed by atoms with Crippen LogP contribution in [0.4, 0.5) is 4.79 Å². The van der Waals surface area contributed by atoms with Crippen LogP contribution in [0, 0.1) is 17.3 Å². The molecule has 20 heavy (non-hydrogen) atoms. The lowest BCUT2D eigenvalue weighted by molar-refractivity contribution is -0.148. The third kappa shape index (κ3) is 2.91. The van der Waals surface area contributed by atoms with Gasteiger partial charge >= 0.3 is 12.0 Å². The van der Waals surface area contributed by atoms with Crippen molar-refractivity contribution in [1.82, 2.24) is 9.80 Å². The van der Waals surface area contributed by atoms with Crippen molar-refractivity contribution in [3.8, 4) is 0 Å². The minimum absolute atomic E-state index is 0.0108. The largest absolute Gasteiger partial charge is 0.481 e. The third-order valence-electron chi connectivity index (χ3n) is 4.92. The fourth-order valence-electron chi connectivity index (χ4n) is 3.32. The van der Waals surface area contributed by atoms with Crippen LogP contribution in [-0.2, 0) is 4.79 Å². The van der Waals surface area contributed by atoms with E-state index in [1.807, 2.05) is 14.0 Å². The van der Waals surface area contributed by atoms with E-state index in [9.17, 15) is 14.7 Å². The van der Waals surface area contributed by atoms with Gasteiger partial charge in [-0.15, -0.1) is 0 Å². The van der Waals surface area contributed by atoms with E-state index in [2.05, 4.69) is 6.92 Å². The summed E-state index contributed by atoms with van der Waals surface area (Å²) in [5.41, 5.74) is -0.724. The van der Waals surface area contributed by atoms with Gasteiger partial charge in [-0.3, -0.25) is 4.79 Å². The molecule has 5 heteroatoms. The van der Waals surface area contributed by atoms with E-state index in [-0.39, 0.29) is 6.03 Å². The third-order valence-corrected chi connectivity index (χ3v) is 4.92. The van der Waals surface area contributed by atoms with Crippen molar-refractivity contribution in [2.24, 2.45) is 17.3 Å². The summed E-state index contributed by atoms with van der Waals surface area (Å²) >= 11 is 0. The lowest BCUT2D eigenvalue weighted by Crippen LogP contribution is -2.43. The summed E-state index contributed by atoms with van der Waals surface area (Å²) in [6.07, 6.45) is 3.27. The van der Waals surface area contributed by atoms with Crippen LogP contribution in [0.5, 0.6) is 0 Å². The molecule has 2 fully saturated rings. The van der Waals surface area contributed by atoms with Crippen molar-refractivity contribution in [2.75, 3.05) is 26.7 Å². The van der Waals surface area contributed by atoms with E-state index in [1.165, 1.54) is 6.42 Å². The number of carboxylic acid groups (broad SMARTS) is 1. The molecular weight excluding hydrogens is 256 g/mol. The molecule has 3 atom stereocenters. The number of hydrogen-bond acceptors (Lipinski definition) is 2. The van der Waals surface area contributed by atoms with Gasteiger partial charge < -0.3 is 14.9 Å². The molecule has 1 aliphatic carbocycles. The maximum atomic E-state index is 12.4. The number of hydrogen-bond donors (Lipinski definition) is 1. The predicted octanol–water partition coefficient (Wildman–Crippen LogP) is 2.27. The fourth-order valence-corrected chi connectivity index (χ4v) is 3.32. The highest BCUT2D eigenvalue weighted by Crippen LogP contribution is 2.39. The Morgan fingerprint density at radius 3 is 2.60 bits per heavy atom. The number of likely N-dealkylation sites (tertiary alicyclic amines) is 1. The Bertz CT molecular complexity index is 399. The summed E-state index contributed by atoms with van der Waals surface area (Å²) in [6, 6.07) is -0.0108. The Morgan fingerprint density at radius 1 is 1.45 bits per heavy atom. The van der Waals surface area contributed by atoms with Crippen LogP contribution in [0.25, 0.3) is 0 Å². The van der Waals surface area contributed by atoms with Gasteiger partial charge in [0.15, 0.2) is 0 Å². The average molecular weight is 282 g/mol. The molecule has 0 radical (unpaired) electrons. The van der Waals surface area contributed by atoms with Crippen LogP contribution in [0.1, 0.15) is 39.5 Å². The molecule has 0 aromatic rings. The Morgan fingerprint density at radius 2 is 2.10 bits per heavy atom. The molecule has 1 heterocycles. The van der Waals surface area contributed by atoms with Gasteiger partial charge in [0.25, 0.3) is 0 Å². The van der Waals surface area contributed by atoms with Crippen LogP contribution in [0.2, 0.25) is 0 Å². The number of carboxylic acids is 1. The van der Waals surface area contributed by atoms with Crippen LogP contribution < -0.4 is 0 Å². The molecule has 1 aliphatic heterocycles. The minimum Gasteiger partial charge on any atom is -0.481 e. The van der Waals surface area contributed by atoms with Crippen molar-refractivity contribution in [3.05, 3.63) is 0 Å². The fraction of sp³-hybridized carbons (Fsp3) is 0.867. The van der Waals surface area contributed by atoms with E-state index < -0.39 is 11.4 Å². The predicted molar refractivity (Wildman–Crippen MR) is 76.5 cm³/mol. The molecule has 0 aromatic carbocycles. The Hall–Kier alpha value is -1.26. The van der Waals surface area contributed by atoms with Crippen LogP contribution in [-0.4, -0.2) is 53.6 Å². The van der Waals surface area contributed by atoms with Gasteiger partial charge in [0.2, 0.25) is 0 Å². The van der Waals surface area contributed by atoms with Crippen molar-refractivity contribution in [1.29, 1.82) is 0 Å². The number of amides is 2. The lowest BCUT2D eigenvalue weighted by atomic mass is 9.83. The quantitative estimate of drug-likeness (QED) is 0.841. The number of rotatable bonds is 5. The number of nitrogens with zero attached hydrogens (tertiary/aromatic N) is 2. The Kier molecular flexibility index (Phi) is 4.25. The zero-order chi connectivity index (χ0) is 14.9. The molecule has 0 aromatic heterocycles. The molecule has 114 valence electrons. The first-order chi connectivity index (χ1) is 9.39. The summed E-state index contributed by atoms with van der Waals surface area (Å²) in [5, 5.41) is 9.47. The molecule has 0 bridgehead atoms. The maximum Gasteiger partial charge on any atom is 0.319 e. The van der Waals surface area contributed by atoms with Gasteiger partial charge in [-0.25, -0.2) is 4.79 Å². The van der Waals surface area contributed by atoms with Gasteiger partial charge in [-0.05, 0) is 31.1 Å². The minimum atomic E-state index is -0.756. The van der Waals surface area contributed by atoms with E-state index in [1.54, 1.807) is 9.80 Å². The molecule has 1 N–H and O–H groups in total. The van der Waals surface area contributed by atoms with Gasteiger partial charge in [-0.2, -0.15) is 0 Å². The SMILES string of the molecule is CCCC1(C(=O)O)CCN(C(=O)N(C)CC2CC2C)C1. The molecule has 2 rings (SSSR count). The Labute approximate surface area is 120 Å². The molecule has 0 spiro atoms. The average Bonchev–Trinajstić information content (AvgIpc) is 2.91. The highest BCUT2D eigenvalue weighted by Gasteiger charge is 2.46. The molecular formula is C15H26N2O3. The van der Waals surface area contributed by atoms with E-state index in [4.69, 9.17) is 0 Å². The Balaban J connectivity index is 1.93. The molecule has 2 amide bonds. The van der Waals surface area contributed by atoms with Gasteiger partial charge in [0.05, 0.1) is 5.41 Å². The highest BCUT2D eigenvalue weighted by molar-refractivity contribution is 5.79. The van der Waals surface area contributed by atoms with Crippen molar-refractivity contribution in [3.63, 3.8) is 0 Å². The molecule has 1 saturated carbocycles. The van der Waals surface area contributed by atoms with Crippen molar-refractivity contribution in [2.45, 2.75) is 39.5 Å². The zero-order valence-electron chi connectivity index (χ0n) is 12.8. The van der Waals surface area contributed by atoms with E-state index in [0.717, 1.165) is 18.9 Å². The standard InChI is InChI=1S/C15H26N2O3/c1-4-5-15(13(18)19)6-7-17(10-15)14(20)16(3)9-12-8-11(12)2/h11-12H,4-10H2,1-3H3,(H,18,19). The maximum absolute atomic E-state index is 12.4.